The van der Waals surface area contributed by atoms with E-state index in [4.69, 9.17) is 4.74 Å². The third-order valence-electron chi connectivity index (χ3n) is 5.50. The fourth-order valence-corrected chi connectivity index (χ4v) is 6.70. The summed E-state index contributed by atoms with van der Waals surface area (Å²) >= 11 is 0.995. The summed E-state index contributed by atoms with van der Waals surface area (Å²) in [5.74, 6) is -1.27. The summed E-state index contributed by atoms with van der Waals surface area (Å²) in [6.45, 7) is 2.26. The van der Waals surface area contributed by atoms with Gasteiger partial charge in [0, 0.05) is 13.1 Å². The van der Waals surface area contributed by atoms with Crippen molar-refractivity contribution in [2.24, 2.45) is 0 Å². The Hall–Kier alpha value is -2.75. The first kappa shape index (κ1) is 22.4. The maximum Gasteiger partial charge on any atom is 0.350 e. The van der Waals surface area contributed by atoms with Crippen LogP contribution < -0.4 is 5.32 Å². The number of hydrogen-bond acceptors (Lipinski definition) is 6. The Morgan fingerprint density at radius 3 is 2.59 bits per heavy atom. The number of carbonyl (C=O) groups is 2. The lowest BCUT2D eigenvalue weighted by Gasteiger charge is -2.17. The van der Waals surface area contributed by atoms with Gasteiger partial charge in [-0.3, -0.25) is 4.79 Å². The predicted molar refractivity (Wildman–Crippen MR) is 123 cm³/mol. The lowest BCUT2D eigenvalue weighted by atomic mass is 10.00. The van der Waals surface area contributed by atoms with E-state index in [-0.39, 0.29) is 15.8 Å². The molecule has 1 amide bonds. The van der Waals surface area contributed by atoms with Crippen molar-refractivity contribution in [1.29, 1.82) is 0 Å². The minimum absolute atomic E-state index is 0.00759. The number of carbonyl (C=O) groups excluding carboxylic acids is 2. The molecule has 0 saturated carbocycles. The number of amides is 1. The molecule has 1 saturated heterocycles. The van der Waals surface area contributed by atoms with Crippen molar-refractivity contribution in [3.05, 3.63) is 64.4 Å². The van der Waals surface area contributed by atoms with Crippen molar-refractivity contribution >= 4 is 44.0 Å². The van der Waals surface area contributed by atoms with E-state index in [0.717, 1.165) is 40.5 Å². The molecule has 1 fully saturated rings. The highest BCUT2D eigenvalue weighted by Crippen LogP contribution is 2.28. The molecule has 0 radical (unpaired) electrons. The van der Waals surface area contributed by atoms with Crippen molar-refractivity contribution in [2.75, 3.05) is 19.7 Å². The van der Waals surface area contributed by atoms with Crippen LogP contribution in [0.25, 0.3) is 10.8 Å². The number of ether oxygens (including phenoxy) is 1. The van der Waals surface area contributed by atoms with Crippen LogP contribution in [0.1, 0.15) is 41.0 Å². The van der Waals surface area contributed by atoms with Gasteiger partial charge in [0.2, 0.25) is 10.0 Å². The largest absolute Gasteiger partial charge is 0.451 e. The van der Waals surface area contributed by atoms with Crippen molar-refractivity contribution in [3.63, 3.8) is 0 Å². The molecule has 2 heterocycles. The summed E-state index contributed by atoms with van der Waals surface area (Å²) in [5.41, 5.74) is 0.958. The van der Waals surface area contributed by atoms with Crippen LogP contribution in [0.4, 0.5) is 0 Å². The van der Waals surface area contributed by atoms with Gasteiger partial charge in [-0.1, -0.05) is 42.5 Å². The van der Waals surface area contributed by atoms with E-state index in [1.165, 1.54) is 10.4 Å². The summed E-state index contributed by atoms with van der Waals surface area (Å²) in [5, 5.41) is 6.49. The molecule has 3 aromatic rings. The Morgan fingerprint density at radius 1 is 1.09 bits per heavy atom. The first-order valence-corrected chi connectivity index (χ1v) is 12.7. The summed E-state index contributed by atoms with van der Waals surface area (Å²) in [6.07, 6.45) is 1.61. The smallest absolute Gasteiger partial charge is 0.350 e. The Labute approximate surface area is 191 Å². The van der Waals surface area contributed by atoms with Gasteiger partial charge in [-0.25, -0.2) is 13.2 Å². The third-order valence-corrected chi connectivity index (χ3v) is 8.46. The van der Waals surface area contributed by atoms with Crippen molar-refractivity contribution < 1.29 is 22.7 Å². The molecule has 1 aromatic heterocycles. The average molecular weight is 473 g/mol. The molecule has 7 nitrogen and oxygen atoms in total. The van der Waals surface area contributed by atoms with Gasteiger partial charge in [0.05, 0.1) is 6.04 Å². The van der Waals surface area contributed by atoms with Gasteiger partial charge >= 0.3 is 5.97 Å². The number of benzene rings is 2. The molecule has 32 heavy (non-hydrogen) atoms. The molecule has 1 aliphatic rings. The van der Waals surface area contributed by atoms with Crippen LogP contribution in [-0.4, -0.2) is 44.3 Å². The maximum atomic E-state index is 12.8. The molecule has 1 unspecified atom stereocenters. The monoisotopic (exact) mass is 472 g/mol. The molecular formula is C23H24N2O5S2. The normalized spacial score (nSPS) is 15.5. The molecule has 0 bridgehead atoms. The summed E-state index contributed by atoms with van der Waals surface area (Å²) < 4.78 is 32.2. The van der Waals surface area contributed by atoms with E-state index < -0.39 is 28.5 Å². The minimum Gasteiger partial charge on any atom is -0.451 e. The van der Waals surface area contributed by atoms with E-state index in [0.29, 0.717) is 13.1 Å². The molecule has 4 rings (SSSR count). The average Bonchev–Trinajstić information content (AvgIpc) is 3.50. The predicted octanol–water partition coefficient (Wildman–Crippen LogP) is 3.72. The molecular weight excluding hydrogens is 448 g/mol. The van der Waals surface area contributed by atoms with Gasteiger partial charge < -0.3 is 10.1 Å². The van der Waals surface area contributed by atoms with Crippen LogP contribution in [0.2, 0.25) is 0 Å². The number of esters is 1. The highest BCUT2D eigenvalue weighted by molar-refractivity contribution is 7.89. The molecule has 1 N–H and O–H groups in total. The number of sulfonamides is 1. The van der Waals surface area contributed by atoms with Gasteiger partial charge in [-0.2, -0.15) is 4.31 Å². The van der Waals surface area contributed by atoms with Gasteiger partial charge in [0.1, 0.15) is 9.77 Å². The molecule has 9 heteroatoms. The minimum atomic E-state index is -3.74. The van der Waals surface area contributed by atoms with Gasteiger partial charge in [-0.15, -0.1) is 11.3 Å². The summed E-state index contributed by atoms with van der Waals surface area (Å²) in [7, 11) is -3.74. The SMILES string of the molecule is CC(NC(=O)COC(=O)c1sccc1S(=O)(=O)N1CCCC1)c1cccc2ccccc12. The van der Waals surface area contributed by atoms with Crippen LogP contribution >= 0.6 is 11.3 Å². The molecule has 0 spiro atoms. The lowest BCUT2D eigenvalue weighted by Crippen LogP contribution is -2.32. The summed E-state index contributed by atoms with van der Waals surface area (Å²) in [6, 6.07) is 14.9. The van der Waals surface area contributed by atoms with E-state index >= 15 is 0 Å². The Kier molecular flexibility index (Phi) is 6.59. The van der Waals surface area contributed by atoms with E-state index in [1.807, 2.05) is 49.4 Å². The third kappa shape index (κ3) is 4.55. The first-order chi connectivity index (χ1) is 15.4. The Balaban J connectivity index is 1.40. The Bertz CT molecular complexity index is 1240. The molecule has 1 atom stereocenters. The number of fused-ring (bicyclic) bond motifs is 1. The van der Waals surface area contributed by atoms with Gasteiger partial charge in [-0.05, 0) is 47.5 Å². The topological polar surface area (TPSA) is 92.8 Å². The quantitative estimate of drug-likeness (QED) is 0.529. The first-order valence-electron chi connectivity index (χ1n) is 10.4. The van der Waals surface area contributed by atoms with Gasteiger partial charge in [0.15, 0.2) is 6.61 Å². The number of nitrogens with zero attached hydrogens (tertiary/aromatic N) is 1. The van der Waals surface area contributed by atoms with Crippen molar-refractivity contribution in [2.45, 2.75) is 30.7 Å². The summed E-state index contributed by atoms with van der Waals surface area (Å²) in [4.78, 5) is 24.9. The molecule has 168 valence electrons. The number of rotatable bonds is 7. The molecule has 1 aliphatic heterocycles. The van der Waals surface area contributed by atoms with E-state index in [2.05, 4.69) is 5.32 Å². The maximum absolute atomic E-state index is 12.8. The second-order valence-electron chi connectivity index (χ2n) is 7.66. The van der Waals surface area contributed by atoms with Crippen LogP contribution in [0.5, 0.6) is 0 Å². The fourth-order valence-electron chi connectivity index (χ4n) is 3.90. The van der Waals surface area contributed by atoms with Gasteiger partial charge in [0.25, 0.3) is 5.91 Å². The zero-order chi connectivity index (χ0) is 22.7. The van der Waals surface area contributed by atoms with Crippen LogP contribution in [0.15, 0.2) is 58.8 Å². The lowest BCUT2D eigenvalue weighted by molar-refractivity contribution is -0.124. The highest BCUT2D eigenvalue weighted by atomic mass is 32.2. The highest BCUT2D eigenvalue weighted by Gasteiger charge is 2.32. The molecule has 0 aliphatic carbocycles. The number of thiophene rings is 1. The van der Waals surface area contributed by atoms with E-state index in [9.17, 15) is 18.0 Å². The van der Waals surface area contributed by atoms with Crippen LogP contribution in [-0.2, 0) is 19.6 Å². The number of hydrogen-bond donors (Lipinski definition) is 1. The zero-order valence-electron chi connectivity index (χ0n) is 17.6. The van der Waals surface area contributed by atoms with Crippen molar-refractivity contribution in [3.8, 4) is 0 Å². The second kappa shape index (κ2) is 9.40. The Morgan fingerprint density at radius 2 is 1.81 bits per heavy atom. The number of nitrogens with one attached hydrogen (secondary N) is 1. The molecule has 2 aromatic carbocycles. The fraction of sp³-hybridized carbons (Fsp3) is 0.304. The van der Waals surface area contributed by atoms with Crippen LogP contribution in [0, 0.1) is 0 Å². The van der Waals surface area contributed by atoms with Crippen LogP contribution in [0.3, 0.4) is 0 Å². The zero-order valence-corrected chi connectivity index (χ0v) is 19.2. The van der Waals surface area contributed by atoms with E-state index in [1.54, 1.807) is 5.38 Å². The standard InChI is InChI=1S/C23H24N2O5S2/c1-16(18-10-6-8-17-7-2-3-9-19(17)18)24-21(26)15-30-23(27)22-20(11-14-31-22)32(28,29)25-12-4-5-13-25/h2-3,6-11,14,16H,4-5,12-13,15H2,1H3,(H,24,26). The second-order valence-corrected chi connectivity index (χ2v) is 10.5. The van der Waals surface area contributed by atoms with Crippen molar-refractivity contribution in [1.82, 2.24) is 9.62 Å².